The summed E-state index contributed by atoms with van der Waals surface area (Å²) in [6, 6.07) is 8.51. The number of fused-ring (bicyclic) bond motifs is 2. The first-order chi connectivity index (χ1) is 16.7. The van der Waals surface area contributed by atoms with Gasteiger partial charge in [0.1, 0.15) is 5.69 Å². The van der Waals surface area contributed by atoms with E-state index in [-0.39, 0.29) is 0 Å². The lowest BCUT2D eigenvalue weighted by Gasteiger charge is -2.25. The topological polar surface area (TPSA) is 68.5 Å². The maximum Gasteiger partial charge on any atom is 0.231 e. The molecule has 1 aromatic carbocycles. The second-order valence-electron chi connectivity index (χ2n) is 9.36. The average Bonchev–Trinajstić information content (AvgIpc) is 3.48. The molecule has 0 bridgehead atoms. The molecular formula is C26H34N6O2. The largest absolute Gasteiger partial charge is 0.454 e. The number of anilines is 1. The Labute approximate surface area is 201 Å². The van der Waals surface area contributed by atoms with E-state index in [1.165, 1.54) is 17.5 Å². The van der Waals surface area contributed by atoms with Crippen LogP contribution in [0.4, 0.5) is 5.82 Å². The highest BCUT2D eigenvalue weighted by Gasteiger charge is 2.18. The first kappa shape index (κ1) is 22.7. The van der Waals surface area contributed by atoms with E-state index >= 15 is 0 Å². The lowest BCUT2D eigenvalue weighted by atomic mass is 9.99. The molecule has 0 spiro atoms. The molecule has 0 radical (unpaired) electrons. The van der Waals surface area contributed by atoms with Crippen molar-refractivity contribution in [2.24, 2.45) is 7.05 Å². The smallest absolute Gasteiger partial charge is 0.231 e. The van der Waals surface area contributed by atoms with Gasteiger partial charge in [0.2, 0.25) is 6.79 Å². The second-order valence-corrected chi connectivity index (χ2v) is 9.36. The zero-order valence-corrected chi connectivity index (χ0v) is 20.2. The first-order valence-electron chi connectivity index (χ1n) is 12.3. The van der Waals surface area contributed by atoms with Crippen LogP contribution in [0.5, 0.6) is 11.5 Å². The number of aryl methyl sites for hydroxylation is 2. The summed E-state index contributed by atoms with van der Waals surface area (Å²) < 4.78 is 13.2. The van der Waals surface area contributed by atoms with Gasteiger partial charge in [-0.2, -0.15) is 0 Å². The molecule has 3 aromatic rings. The van der Waals surface area contributed by atoms with Crippen molar-refractivity contribution in [1.29, 1.82) is 0 Å². The summed E-state index contributed by atoms with van der Waals surface area (Å²) in [7, 11) is 4.18. The Bertz CT molecular complexity index is 1100. The van der Waals surface area contributed by atoms with E-state index in [2.05, 4.69) is 50.2 Å². The molecule has 0 atom stereocenters. The van der Waals surface area contributed by atoms with Gasteiger partial charge in [-0.3, -0.25) is 0 Å². The van der Waals surface area contributed by atoms with Crippen molar-refractivity contribution in [3.63, 3.8) is 0 Å². The van der Waals surface area contributed by atoms with Crippen molar-refractivity contribution in [3.05, 3.63) is 47.8 Å². The standard InChI is InChI=1S/C26H34N6O2/c1-30-12-6-7-14-32(25-10-9-22(28-29-25)26-27-11-15-31(26)2)13-5-3-4-8-20-16-23-24(34-19-33-23)17-21(20)18-30/h9-11,15-17H,3-8,12-14,18-19H2,1-2H3. The quantitative estimate of drug-likeness (QED) is 0.569. The lowest BCUT2D eigenvalue weighted by molar-refractivity contribution is 0.174. The third kappa shape index (κ3) is 5.17. The molecule has 4 heterocycles. The van der Waals surface area contributed by atoms with Gasteiger partial charge in [0.05, 0.1) is 0 Å². The summed E-state index contributed by atoms with van der Waals surface area (Å²) in [5, 5.41) is 9.04. The molecule has 8 nitrogen and oxygen atoms in total. The minimum Gasteiger partial charge on any atom is -0.454 e. The monoisotopic (exact) mass is 462 g/mol. The first-order valence-corrected chi connectivity index (χ1v) is 12.3. The van der Waals surface area contributed by atoms with Gasteiger partial charge in [-0.15, -0.1) is 10.2 Å². The van der Waals surface area contributed by atoms with Crippen LogP contribution in [0, 0.1) is 0 Å². The fraction of sp³-hybridized carbons (Fsp3) is 0.500. The Hall–Kier alpha value is -3.13. The molecule has 0 N–H and O–H groups in total. The molecule has 180 valence electrons. The van der Waals surface area contributed by atoms with E-state index in [4.69, 9.17) is 9.47 Å². The predicted molar refractivity (Wildman–Crippen MR) is 132 cm³/mol. The van der Waals surface area contributed by atoms with Gasteiger partial charge in [0.25, 0.3) is 0 Å². The van der Waals surface area contributed by atoms with Gasteiger partial charge in [0.15, 0.2) is 23.1 Å². The molecular weight excluding hydrogens is 428 g/mol. The number of hydrogen-bond donors (Lipinski definition) is 0. The predicted octanol–water partition coefficient (Wildman–Crippen LogP) is 4.05. The molecule has 8 heteroatoms. The molecule has 0 aliphatic carbocycles. The van der Waals surface area contributed by atoms with E-state index in [0.29, 0.717) is 6.79 Å². The minimum atomic E-state index is 0.329. The molecule has 34 heavy (non-hydrogen) atoms. The molecule has 0 unspecified atom stereocenters. The number of ether oxygens (including phenoxy) is 2. The number of hydrogen-bond acceptors (Lipinski definition) is 7. The van der Waals surface area contributed by atoms with E-state index in [9.17, 15) is 0 Å². The summed E-state index contributed by atoms with van der Waals surface area (Å²) in [5.74, 6) is 3.57. The van der Waals surface area contributed by atoms with Gasteiger partial charge >= 0.3 is 0 Å². The molecule has 0 saturated heterocycles. The summed E-state index contributed by atoms with van der Waals surface area (Å²) in [6.07, 6.45) is 10.5. The summed E-state index contributed by atoms with van der Waals surface area (Å²) >= 11 is 0. The van der Waals surface area contributed by atoms with Gasteiger partial charge < -0.3 is 23.8 Å². The van der Waals surface area contributed by atoms with Crippen molar-refractivity contribution in [2.75, 3.05) is 38.4 Å². The second kappa shape index (κ2) is 10.4. The Kier molecular flexibility index (Phi) is 6.94. The van der Waals surface area contributed by atoms with Crippen LogP contribution in [-0.4, -0.2) is 58.1 Å². The zero-order chi connectivity index (χ0) is 23.3. The summed E-state index contributed by atoms with van der Waals surface area (Å²) in [4.78, 5) is 9.19. The Morgan fingerprint density at radius 3 is 2.32 bits per heavy atom. The molecule has 2 aliphatic rings. The fourth-order valence-electron chi connectivity index (χ4n) is 4.82. The average molecular weight is 463 g/mol. The lowest BCUT2D eigenvalue weighted by Crippen LogP contribution is -2.28. The Balaban J connectivity index is 1.26. The van der Waals surface area contributed by atoms with Crippen LogP contribution in [-0.2, 0) is 20.0 Å². The maximum absolute atomic E-state index is 5.64. The van der Waals surface area contributed by atoms with E-state index in [1.54, 1.807) is 6.20 Å². The Morgan fingerprint density at radius 2 is 1.59 bits per heavy atom. The molecule has 0 fully saturated rings. The summed E-state index contributed by atoms with van der Waals surface area (Å²) in [6.45, 7) is 4.33. The highest BCUT2D eigenvalue weighted by molar-refractivity contribution is 5.52. The van der Waals surface area contributed by atoms with Crippen LogP contribution in [0.2, 0.25) is 0 Å². The number of benzene rings is 1. The minimum absolute atomic E-state index is 0.329. The van der Waals surface area contributed by atoms with Gasteiger partial charge in [-0.1, -0.05) is 6.42 Å². The van der Waals surface area contributed by atoms with Crippen molar-refractivity contribution < 1.29 is 9.47 Å². The van der Waals surface area contributed by atoms with Crippen molar-refractivity contribution >= 4 is 5.82 Å². The third-order valence-corrected chi connectivity index (χ3v) is 6.75. The normalized spacial score (nSPS) is 17.9. The van der Waals surface area contributed by atoms with Gasteiger partial charge in [-0.25, -0.2) is 4.98 Å². The van der Waals surface area contributed by atoms with Crippen LogP contribution in [0.15, 0.2) is 36.7 Å². The highest BCUT2D eigenvalue weighted by atomic mass is 16.7. The van der Waals surface area contributed by atoms with Gasteiger partial charge in [0, 0.05) is 39.1 Å². The number of rotatable bonds is 2. The number of imidazole rings is 1. The van der Waals surface area contributed by atoms with Crippen LogP contribution >= 0.6 is 0 Å². The Morgan fingerprint density at radius 1 is 0.824 bits per heavy atom. The molecule has 5 rings (SSSR count). The van der Waals surface area contributed by atoms with Crippen LogP contribution in [0.3, 0.4) is 0 Å². The van der Waals surface area contributed by atoms with Crippen molar-refractivity contribution in [3.8, 4) is 23.0 Å². The third-order valence-electron chi connectivity index (χ3n) is 6.75. The number of nitrogens with zero attached hydrogens (tertiary/aromatic N) is 6. The zero-order valence-electron chi connectivity index (χ0n) is 20.2. The SMILES string of the molecule is CN1CCCCN(c2ccc(-c3nccn3C)nn2)CCCCCc2cc3c(cc2C1)OCO3. The van der Waals surface area contributed by atoms with Crippen LogP contribution in [0.1, 0.15) is 43.2 Å². The summed E-state index contributed by atoms with van der Waals surface area (Å²) in [5.41, 5.74) is 3.56. The van der Waals surface area contributed by atoms with E-state index in [1.807, 2.05) is 23.9 Å². The fourth-order valence-corrected chi connectivity index (χ4v) is 4.82. The van der Waals surface area contributed by atoms with Gasteiger partial charge in [-0.05, 0) is 81.1 Å². The van der Waals surface area contributed by atoms with E-state index in [0.717, 1.165) is 87.1 Å². The van der Waals surface area contributed by atoms with Crippen molar-refractivity contribution in [2.45, 2.75) is 45.1 Å². The highest BCUT2D eigenvalue weighted by Crippen LogP contribution is 2.36. The van der Waals surface area contributed by atoms with Crippen LogP contribution < -0.4 is 14.4 Å². The maximum atomic E-state index is 5.64. The van der Waals surface area contributed by atoms with Crippen molar-refractivity contribution in [1.82, 2.24) is 24.6 Å². The molecule has 0 saturated carbocycles. The van der Waals surface area contributed by atoms with Crippen LogP contribution in [0.25, 0.3) is 11.5 Å². The molecule has 0 amide bonds. The number of aromatic nitrogens is 4. The van der Waals surface area contributed by atoms with E-state index < -0.39 is 0 Å². The molecule has 2 aliphatic heterocycles. The molecule has 2 aromatic heterocycles.